The second-order valence-electron chi connectivity index (χ2n) is 5.46. The van der Waals surface area contributed by atoms with Gasteiger partial charge in [0.05, 0.1) is 11.2 Å². The van der Waals surface area contributed by atoms with Crippen molar-refractivity contribution >= 4 is 29.1 Å². The molecular formula is C18H15N3O5. The van der Waals surface area contributed by atoms with Crippen molar-refractivity contribution in [3.05, 3.63) is 48.2 Å². The van der Waals surface area contributed by atoms with Crippen molar-refractivity contribution in [2.45, 2.75) is 6.92 Å². The van der Waals surface area contributed by atoms with E-state index < -0.39 is 12.5 Å². The van der Waals surface area contributed by atoms with Crippen LogP contribution in [0, 0.1) is 6.92 Å². The molecule has 26 heavy (non-hydrogen) atoms. The Bertz CT molecular complexity index is 975. The summed E-state index contributed by atoms with van der Waals surface area (Å²) in [5, 5.41) is 19.7. The molecule has 0 spiro atoms. The van der Waals surface area contributed by atoms with Crippen LogP contribution in [0.15, 0.2) is 42.5 Å². The Morgan fingerprint density at radius 1 is 1.19 bits per heavy atom. The number of amides is 1. The Labute approximate surface area is 148 Å². The summed E-state index contributed by atoms with van der Waals surface area (Å²) in [6.07, 6.45) is 0.307. The molecule has 2 N–H and O–H groups in total. The third-order valence-corrected chi connectivity index (χ3v) is 3.62. The zero-order chi connectivity index (χ0) is 18.7. The third kappa shape index (κ3) is 3.39. The van der Waals surface area contributed by atoms with Gasteiger partial charge in [-0.25, -0.2) is 9.97 Å². The van der Waals surface area contributed by atoms with Crippen molar-refractivity contribution in [2.24, 2.45) is 0 Å². The van der Waals surface area contributed by atoms with Crippen LogP contribution in [0.2, 0.25) is 0 Å². The molecule has 2 heterocycles. The normalized spacial score (nSPS) is 10.5. The standard InChI is InChI=1S/C18H15N3O5/c1-11-16-13(17(25)18(19-11)21(10-22)9-15(23)24)7-8-14(20-16)26-12-5-3-2-4-6-12/h2-8,10,25H,9H2,1H3,(H,23,24). The van der Waals surface area contributed by atoms with E-state index in [-0.39, 0.29) is 11.6 Å². The molecule has 1 aromatic carbocycles. The Morgan fingerprint density at radius 2 is 1.92 bits per heavy atom. The summed E-state index contributed by atoms with van der Waals surface area (Å²) < 4.78 is 5.67. The molecule has 1 amide bonds. The minimum Gasteiger partial charge on any atom is -0.504 e. The number of hydrogen-bond acceptors (Lipinski definition) is 6. The van der Waals surface area contributed by atoms with Gasteiger partial charge in [-0.05, 0) is 25.1 Å². The van der Waals surface area contributed by atoms with Gasteiger partial charge in [0.2, 0.25) is 12.3 Å². The number of anilines is 1. The van der Waals surface area contributed by atoms with E-state index in [2.05, 4.69) is 9.97 Å². The van der Waals surface area contributed by atoms with Crippen LogP contribution in [0.4, 0.5) is 5.82 Å². The highest BCUT2D eigenvalue weighted by molar-refractivity contribution is 5.95. The van der Waals surface area contributed by atoms with E-state index in [4.69, 9.17) is 9.84 Å². The zero-order valence-corrected chi connectivity index (χ0v) is 13.8. The monoisotopic (exact) mass is 353 g/mol. The summed E-state index contributed by atoms with van der Waals surface area (Å²) in [6, 6.07) is 12.2. The van der Waals surface area contributed by atoms with Crippen LogP contribution in [0.3, 0.4) is 0 Å². The SMILES string of the molecule is Cc1nc(N(C=O)CC(=O)O)c(O)c2ccc(Oc3ccccc3)nc12. The minimum absolute atomic E-state index is 0.133. The number of aryl methyl sites for hydroxylation is 1. The molecule has 0 radical (unpaired) electrons. The summed E-state index contributed by atoms with van der Waals surface area (Å²) in [5.74, 6) is -0.748. The van der Waals surface area contributed by atoms with Gasteiger partial charge in [0, 0.05) is 11.5 Å². The van der Waals surface area contributed by atoms with Gasteiger partial charge < -0.3 is 14.9 Å². The first-order valence-electron chi connectivity index (χ1n) is 7.66. The molecule has 3 aromatic rings. The summed E-state index contributed by atoms with van der Waals surface area (Å²) >= 11 is 0. The molecule has 2 aromatic heterocycles. The predicted molar refractivity (Wildman–Crippen MR) is 93.5 cm³/mol. The first-order valence-corrected chi connectivity index (χ1v) is 7.66. The molecule has 0 bridgehead atoms. The number of aliphatic carboxylic acids is 1. The fraction of sp³-hybridized carbons (Fsp3) is 0.111. The van der Waals surface area contributed by atoms with Gasteiger partial charge in [-0.3, -0.25) is 14.5 Å². The number of ether oxygens (including phenoxy) is 1. The van der Waals surface area contributed by atoms with Gasteiger partial charge in [-0.15, -0.1) is 0 Å². The van der Waals surface area contributed by atoms with Crippen molar-refractivity contribution in [3.8, 4) is 17.4 Å². The molecular weight excluding hydrogens is 338 g/mol. The van der Waals surface area contributed by atoms with E-state index in [1.54, 1.807) is 31.2 Å². The van der Waals surface area contributed by atoms with E-state index in [9.17, 15) is 14.7 Å². The van der Waals surface area contributed by atoms with E-state index in [1.165, 1.54) is 0 Å². The molecule has 3 rings (SSSR count). The second kappa shape index (κ2) is 7.06. The molecule has 0 saturated carbocycles. The number of pyridine rings is 2. The number of nitrogens with zero attached hydrogens (tertiary/aromatic N) is 3. The third-order valence-electron chi connectivity index (χ3n) is 3.62. The smallest absolute Gasteiger partial charge is 0.323 e. The number of aromatic hydroxyl groups is 1. The fourth-order valence-corrected chi connectivity index (χ4v) is 2.47. The number of fused-ring (bicyclic) bond motifs is 1. The lowest BCUT2D eigenvalue weighted by atomic mass is 10.2. The van der Waals surface area contributed by atoms with Crippen LogP contribution >= 0.6 is 0 Å². The molecule has 0 saturated heterocycles. The number of carboxylic acids is 1. The summed E-state index contributed by atoms with van der Waals surface area (Å²) in [6.45, 7) is 1.03. The average Bonchev–Trinajstić information content (AvgIpc) is 2.63. The van der Waals surface area contributed by atoms with Gasteiger partial charge in [0.1, 0.15) is 12.3 Å². The number of hydrogen-bond donors (Lipinski definition) is 2. The molecule has 132 valence electrons. The number of rotatable bonds is 6. The minimum atomic E-state index is -1.22. The number of carbonyl (C=O) groups is 2. The first-order chi connectivity index (χ1) is 12.5. The first kappa shape index (κ1) is 17.2. The van der Waals surface area contributed by atoms with E-state index in [0.717, 1.165) is 4.90 Å². The molecule has 0 fully saturated rings. The Balaban J connectivity index is 2.04. The summed E-state index contributed by atoms with van der Waals surface area (Å²) in [5.41, 5.74) is 0.810. The number of carboxylic acid groups (broad SMARTS) is 1. The highest BCUT2D eigenvalue weighted by Gasteiger charge is 2.20. The van der Waals surface area contributed by atoms with Crippen LogP contribution < -0.4 is 9.64 Å². The second-order valence-corrected chi connectivity index (χ2v) is 5.46. The van der Waals surface area contributed by atoms with Gasteiger partial charge >= 0.3 is 5.97 Å². The maximum atomic E-state index is 11.2. The Hall–Kier alpha value is -3.68. The molecule has 8 nitrogen and oxygen atoms in total. The fourth-order valence-electron chi connectivity index (χ4n) is 2.47. The zero-order valence-electron chi connectivity index (χ0n) is 13.8. The number of para-hydroxylation sites is 1. The molecule has 0 aliphatic carbocycles. The molecule has 0 atom stereocenters. The summed E-state index contributed by atoms with van der Waals surface area (Å²) in [4.78, 5) is 31.4. The lowest BCUT2D eigenvalue weighted by molar-refractivity contribution is -0.136. The average molecular weight is 353 g/mol. The van der Waals surface area contributed by atoms with Crippen molar-refractivity contribution in [1.82, 2.24) is 9.97 Å². The topological polar surface area (TPSA) is 113 Å². The maximum absolute atomic E-state index is 11.2. The largest absolute Gasteiger partial charge is 0.504 e. The van der Waals surface area contributed by atoms with Crippen molar-refractivity contribution < 1.29 is 24.5 Å². The summed E-state index contributed by atoms with van der Waals surface area (Å²) in [7, 11) is 0. The van der Waals surface area contributed by atoms with E-state index in [0.29, 0.717) is 34.6 Å². The van der Waals surface area contributed by atoms with E-state index in [1.807, 2.05) is 18.2 Å². The van der Waals surface area contributed by atoms with Crippen LogP contribution in [-0.4, -0.2) is 39.1 Å². The predicted octanol–water partition coefficient (Wildman–Crippen LogP) is 2.48. The molecule has 0 aliphatic rings. The molecule has 8 heteroatoms. The maximum Gasteiger partial charge on any atom is 0.323 e. The van der Waals surface area contributed by atoms with Crippen molar-refractivity contribution in [2.75, 3.05) is 11.4 Å². The lowest BCUT2D eigenvalue weighted by Gasteiger charge is -2.17. The van der Waals surface area contributed by atoms with Gasteiger partial charge in [-0.1, -0.05) is 18.2 Å². The van der Waals surface area contributed by atoms with Crippen LogP contribution in [0.5, 0.6) is 17.4 Å². The number of carbonyl (C=O) groups excluding carboxylic acids is 1. The Morgan fingerprint density at radius 3 is 2.58 bits per heavy atom. The highest BCUT2D eigenvalue weighted by Crippen LogP contribution is 2.35. The van der Waals surface area contributed by atoms with Gasteiger partial charge in [0.25, 0.3) is 0 Å². The number of aromatic nitrogens is 2. The van der Waals surface area contributed by atoms with Gasteiger partial charge in [-0.2, -0.15) is 0 Å². The molecule has 0 aliphatic heterocycles. The quantitative estimate of drug-likeness (QED) is 0.655. The van der Waals surface area contributed by atoms with Crippen molar-refractivity contribution in [3.63, 3.8) is 0 Å². The van der Waals surface area contributed by atoms with Crippen molar-refractivity contribution in [1.29, 1.82) is 0 Å². The van der Waals surface area contributed by atoms with Crippen LogP contribution in [0.1, 0.15) is 5.69 Å². The highest BCUT2D eigenvalue weighted by atomic mass is 16.5. The van der Waals surface area contributed by atoms with Crippen LogP contribution in [0.25, 0.3) is 10.9 Å². The van der Waals surface area contributed by atoms with Crippen LogP contribution in [-0.2, 0) is 9.59 Å². The van der Waals surface area contributed by atoms with Gasteiger partial charge in [0.15, 0.2) is 11.6 Å². The molecule has 0 unspecified atom stereocenters. The number of benzene rings is 1. The van der Waals surface area contributed by atoms with E-state index >= 15 is 0 Å². The Kier molecular flexibility index (Phi) is 4.66. The lowest BCUT2D eigenvalue weighted by Crippen LogP contribution is -2.29.